The van der Waals surface area contributed by atoms with Crippen molar-refractivity contribution in [2.45, 2.75) is 12.6 Å². The number of carboxylic acid groups (broad SMARTS) is 1. The lowest BCUT2D eigenvalue weighted by molar-refractivity contribution is -0.143. The minimum Gasteiger partial charge on any atom is -0.478 e. The van der Waals surface area contributed by atoms with Gasteiger partial charge in [-0.3, -0.25) is 4.98 Å². The highest BCUT2D eigenvalue weighted by atomic mass is 16.4. The Morgan fingerprint density at radius 3 is 2.47 bits per heavy atom. The second kappa shape index (κ2) is 3.19. The van der Waals surface area contributed by atoms with Gasteiger partial charge in [-0.1, -0.05) is 6.07 Å². The van der Waals surface area contributed by atoms with E-state index in [1.54, 1.807) is 18.3 Å². The molecule has 1 aromatic heterocycles. The van der Waals surface area contributed by atoms with Gasteiger partial charge in [-0.15, -0.1) is 10.2 Å². The van der Waals surface area contributed by atoms with E-state index in [2.05, 4.69) is 25.7 Å². The summed E-state index contributed by atoms with van der Waals surface area (Å²) in [6, 6.07) is 3.28. The summed E-state index contributed by atoms with van der Waals surface area (Å²) in [5.41, 5.74) is -0.676. The average molecular weight is 205 g/mol. The molecule has 0 aliphatic carbocycles. The first-order chi connectivity index (χ1) is 7.15. The molecular weight excluding hydrogens is 198 g/mol. The number of nitrogens with zero attached hydrogens (tertiary/aromatic N) is 5. The number of aliphatic carboxylic acids is 1. The molecule has 0 saturated carbocycles. The van der Waals surface area contributed by atoms with Crippen LogP contribution in [0, 0.1) is 6.92 Å². The summed E-state index contributed by atoms with van der Waals surface area (Å²) < 4.78 is 0. The first-order valence-electron chi connectivity index (χ1n) is 4.16. The topological polar surface area (TPSA) is 99.6 Å². The van der Waals surface area contributed by atoms with Gasteiger partial charge in [0.05, 0.1) is 0 Å². The van der Waals surface area contributed by atoms with Crippen molar-refractivity contribution in [1.29, 1.82) is 0 Å². The Balaban J connectivity index is 2.51. The molecule has 1 aliphatic heterocycles. The normalized spacial score (nSPS) is 16.9. The van der Waals surface area contributed by atoms with Crippen LogP contribution < -0.4 is 0 Å². The van der Waals surface area contributed by atoms with E-state index in [9.17, 15) is 4.79 Å². The van der Waals surface area contributed by atoms with Gasteiger partial charge in [-0.25, -0.2) is 4.79 Å². The van der Waals surface area contributed by atoms with Crippen molar-refractivity contribution < 1.29 is 9.90 Å². The standard InChI is InChI=1S/C8H7N5O2/c1-5-2-3-6(9-4-5)8(7(14)15)10-12-13-11-8/h2-4H,1H3,(H,14,15). The molecule has 2 rings (SSSR count). The quantitative estimate of drug-likeness (QED) is 0.790. The molecule has 0 unspecified atom stereocenters. The molecule has 15 heavy (non-hydrogen) atoms. The maximum absolute atomic E-state index is 11.1. The van der Waals surface area contributed by atoms with Crippen molar-refractivity contribution in [2.24, 2.45) is 20.7 Å². The Hall–Kier alpha value is -2.18. The molecule has 7 nitrogen and oxygen atoms in total. The Morgan fingerprint density at radius 2 is 2.00 bits per heavy atom. The fraction of sp³-hybridized carbons (Fsp3) is 0.250. The zero-order chi connectivity index (χ0) is 10.9. The second-order valence-electron chi connectivity index (χ2n) is 3.08. The zero-order valence-corrected chi connectivity index (χ0v) is 7.82. The highest BCUT2D eigenvalue weighted by molar-refractivity contribution is 5.79. The third-order valence-electron chi connectivity index (χ3n) is 1.99. The molecule has 1 N–H and O–H groups in total. The predicted octanol–water partition coefficient (Wildman–Crippen LogP) is 1.46. The van der Waals surface area contributed by atoms with Crippen LogP contribution in [0.5, 0.6) is 0 Å². The summed E-state index contributed by atoms with van der Waals surface area (Å²) in [6.45, 7) is 1.85. The monoisotopic (exact) mass is 205 g/mol. The summed E-state index contributed by atoms with van der Waals surface area (Å²) in [4.78, 5) is 15.0. The van der Waals surface area contributed by atoms with Crippen LogP contribution in [-0.4, -0.2) is 16.1 Å². The van der Waals surface area contributed by atoms with Crippen molar-refractivity contribution in [3.05, 3.63) is 29.6 Å². The lowest BCUT2D eigenvalue weighted by atomic mass is 10.1. The van der Waals surface area contributed by atoms with E-state index in [1.165, 1.54) is 0 Å². The third kappa shape index (κ3) is 1.37. The Morgan fingerprint density at radius 1 is 1.33 bits per heavy atom. The summed E-state index contributed by atoms with van der Waals surface area (Å²) in [7, 11) is 0. The molecule has 0 aromatic carbocycles. The highest BCUT2D eigenvalue weighted by Gasteiger charge is 2.45. The van der Waals surface area contributed by atoms with Crippen LogP contribution in [0.1, 0.15) is 11.3 Å². The van der Waals surface area contributed by atoms with Crippen molar-refractivity contribution in [3.63, 3.8) is 0 Å². The van der Waals surface area contributed by atoms with Crippen LogP contribution in [0.15, 0.2) is 39.0 Å². The summed E-state index contributed by atoms with van der Waals surface area (Å²) in [5, 5.41) is 22.5. The van der Waals surface area contributed by atoms with Gasteiger partial charge in [-0.2, -0.15) is 0 Å². The minimum atomic E-state index is -1.80. The van der Waals surface area contributed by atoms with E-state index in [0.717, 1.165) is 5.56 Å². The van der Waals surface area contributed by atoms with E-state index >= 15 is 0 Å². The summed E-state index contributed by atoms with van der Waals surface area (Å²) in [5.74, 6) is -1.25. The number of hydrogen-bond acceptors (Lipinski definition) is 6. The van der Waals surface area contributed by atoms with E-state index in [4.69, 9.17) is 5.11 Å². The number of carboxylic acids is 1. The van der Waals surface area contributed by atoms with Crippen molar-refractivity contribution in [1.82, 2.24) is 4.98 Å². The molecule has 1 aliphatic rings. The lowest BCUT2D eigenvalue weighted by Crippen LogP contribution is -2.30. The molecule has 1 aromatic rings. The average Bonchev–Trinajstić information content (AvgIpc) is 2.69. The van der Waals surface area contributed by atoms with Crippen LogP contribution in [0.3, 0.4) is 0 Å². The molecule has 7 heteroatoms. The first kappa shape index (κ1) is 9.38. The number of hydrogen-bond donors (Lipinski definition) is 1. The number of pyridine rings is 1. The predicted molar refractivity (Wildman–Crippen MR) is 48.0 cm³/mol. The van der Waals surface area contributed by atoms with Gasteiger partial charge < -0.3 is 5.11 Å². The third-order valence-corrected chi connectivity index (χ3v) is 1.99. The molecular formula is C8H7N5O2. The van der Waals surface area contributed by atoms with Gasteiger partial charge in [0.25, 0.3) is 0 Å². The fourth-order valence-electron chi connectivity index (χ4n) is 1.16. The summed E-state index contributed by atoms with van der Waals surface area (Å²) >= 11 is 0. The largest absolute Gasteiger partial charge is 0.478 e. The molecule has 0 saturated heterocycles. The van der Waals surface area contributed by atoms with Crippen LogP contribution in [0.4, 0.5) is 0 Å². The molecule has 0 atom stereocenters. The maximum Gasteiger partial charge on any atom is 0.364 e. The van der Waals surface area contributed by atoms with Crippen LogP contribution >= 0.6 is 0 Å². The van der Waals surface area contributed by atoms with Gasteiger partial charge >= 0.3 is 11.6 Å². The Bertz CT molecular complexity index is 439. The number of aryl methyl sites for hydroxylation is 1. The summed E-state index contributed by atoms with van der Waals surface area (Å²) in [6.07, 6.45) is 1.55. The Labute approximate surface area is 84.6 Å². The number of rotatable bonds is 2. The van der Waals surface area contributed by atoms with Crippen LogP contribution in [0.25, 0.3) is 0 Å². The van der Waals surface area contributed by atoms with Gasteiger partial charge in [0.1, 0.15) is 5.69 Å². The van der Waals surface area contributed by atoms with Crippen molar-refractivity contribution in [3.8, 4) is 0 Å². The van der Waals surface area contributed by atoms with Crippen molar-refractivity contribution in [2.75, 3.05) is 0 Å². The van der Waals surface area contributed by atoms with Crippen LogP contribution in [-0.2, 0) is 10.5 Å². The maximum atomic E-state index is 11.1. The minimum absolute atomic E-state index is 0.200. The molecule has 2 heterocycles. The fourth-order valence-corrected chi connectivity index (χ4v) is 1.16. The lowest BCUT2D eigenvalue weighted by Gasteiger charge is -2.13. The second-order valence-corrected chi connectivity index (χ2v) is 3.08. The van der Waals surface area contributed by atoms with E-state index in [-0.39, 0.29) is 5.69 Å². The van der Waals surface area contributed by atoms with Gasteiger partial charge in [0.2, 0.25) is 0 Å². The molecule has 0 fully saturated rings. The highest BCUT2D eigenvalue weighted by Crippen LogP contribution is 2.31. The van der Waals surface area contributed by atoms with E-state index in [1.807, 2.05) is 6.92 Å². The SMILES string of the molecule is Cc1ccc(C2(C(=O)O)N=NN=N2)nc1. The van der Waals surface area contributed by atoms with Gasteiger partial charge in [0.15, 0.2) is 0 Å². The molecule has 76 valence electrons. The first-order valence-corrected chi connectivity index (χ1v) is 4.16. The molecule has 0 radical (unpaired) electrons. The number of aromatic nitrogens is 1. The molecule has 0 bridgehead atoms. The van der Waals surface area contributed by atoms with Crippen LogP contribution in [0.2, 0.25) is 0 Å². The van der Waals surface area contributed by atoms with Crippen molar-refractivity contribution >= 4 is 5.97 Å². The number of carbonyl (C=O) groups is 1. The smallest absolute Gasteiger partial charge is 0.364 e. The molecule has 0 spiro atoms. The zero-order valence-electron chi connectivity index (χ0n) is 7.82. The Kier molecular flexibility index (Phi) is 2.00. The van der Waals surface area contributed by atoms with E-state index in [0.29, 0.717) is 0 Å². The molecule has 0 amide bonds. The van der Waals surface area contributed by atoms with Gasteiger partial charge in [0, 0.05) is 6.20 Å². The van der Waals surface area contributed by atoms with Gasteiger partial charge in [-0.05, 0) is 29.0 Å². The van der Waals surface area contributed by atoms with E-state index < -0.39 is 11.6 Å².